The Bertz CT molecular complexity index is 919. The number of amides is 4. The van der Waals surface area contributed by atoms with Gasteiger partial charge in [0, 0.05) is 45.2 Å². The zero-order valence-electron chi connectivity index (χ0n) is 17.5. The van der Waals surface area contributed by atoms with Crippen molar-refractivity contribution in [3.63, 3.8) is 0 Å². The van der Waals surface area contributed by atoms with Gasteiger partial charge in [0.15, 0.2) is 0 Å². The van der Waals surface area contributed by atoms with Gasteiger partial charge < -0.3 is 24.9 Å². The Kier molecular flexibility index (Phi) is 6.54. The zero-order chi connectivity index (χ0) is 21.6. The number of nitrogens with zero attached hydrogens (tertiary/aromatic N) is 2. The first-order valence-electron chi connectivity index (χ1n) is 10.8. The number of carbonyl (C=O) groups excluding carboxylic acids is 3. The van der Waals surface area contributed by atoms with Crippen LogP contribution in [0, 0.1) is 0 Å². The molecule has 0 aliphatic carbocycles. The summed E-state index contributed by atoms with van der Waals surface area (Å²) in [7, 11) is 0. The second kappa shape index (κ2) is 9.68. The van der Waals surface area contributed by atoms with Gasteiger partial charge in [0.2, 0.25) is 5.91 Å². The first-order chi connectivity index (χ1) is 15.1. The van der Waals surface area contributed by atoms with Crippen molar-refractivity contribution in [1.82, 2.24) is 20.4 Å². The molecule has 164 valence electrons. The van der Waals surface area contributed by atoms with Crippen molar-refractivity contribution in [3.8, 4) is 0 Å². The molecule has 0 radical (unpaired) electrons. The molecule has 0 saturated carbocycles. The molecule has 8 heteroatoms. The molecular weight excluding hydrogens is 396 g/mol. The number of carbonyl (C=O) groups is 3. The fraction of sp³-hybridized carbons (Fsp3) is 0.435. The van der Waals surface area contributed by atoms with E-state index < -0.39 is 0 Å². The second-order valence-corrected chi connectivity index (χ2v) is 8.14. The van der Waals surface area contributed by atoms with E-state index in [0.717, 1.165) is 36.9 Å². The molecule has 4 amide bonds. The van der Waals surface area contributed by atoms with E-state index in [4.69, 9.17) is 4.42 Å². The van der Waals surface area contributed by atoms with Crippen LogP contribution >= 0.6 is 0 Å². The molecule has 2 aliphatic rings. The Morgan fingerprint density at radius 2 is 1.90 bits per heavy atom. The molecular formula is C23H28N4O4. The van der Waals surface area contributed by atoms with Crippen molar-refractivity contribution in [2.24, 2.45) is 0 Å². The standard InChI is InChI=1S/C23H28N4O4/c28-21-5-2-9-27(21)15-18-4-1-3-17(13-18)14-24-23(30)25-20-6-10-26(11-7-20)22(29)19-8-12-31-16-19/h1,3-4,8,12-13,16,20H,2,5-7,9-11,14-15H2,(H2,24,25,30). The molecule has 2 aliphatic heterocycles. The second-order valence-electron chi connectivity index (χ2n) is 8.14. The number of hydrogen-bond donors (Lipinski definition) is 2. The SMILES string of the molecule is O=C(NCc1cccc(CN2CCCC2=O)c1)NC1CCN(C(=O)c2ccoc2)CC1. The van der Waals surface area contributed by atoms with Gasteiger partial charge in [-0.15, -0.1) is 0 Å². The third-order valence-electron chi connectivity index (χ3n) is 5.87. The van der Waals surface area contributed by atoms with Gasteiger partial charge in [-0.05, 0) is 36.5 Å². The van der Waals surface area contributed by atoms with Gasteiger partial charge in [0.05, 0.1) is 11.8 Å². The van der Waals surface area contributed by atoms with E-state index in [1.54, 1.807) is 11.0 Å². The van der Waals surface area contributed by atoms with Crippen molar-refractivity contribution in [1.29, 1.82) is 0 Å². The minimum Gasteiger partial charge on any atom is -0.472 e. The van der Waals surface area contributed by atoms with Gasteiger partial charge in [-0.25, -0.2) is 4.79 Å². The number of benzene rings is 1. The van der Waals surface area contributed by atoms with Gasteiger partial charge in [0.1, 0.15) is 6.26 Å². The maximum absolute atomic E-state index is 12.3. The topological polar surface area (TPSA) is 94.9 Å². The Morgan fingerprint density at radius 3 is 2.61 bits per heavy atom. The van der Waals surface area contributed by atoms with Gasteiger partial charge >= 0.3 is 6.03 Å². The largest absolute Gasteiger partial charge is 0.472 e. The normalized spacial score (nSPS) is 17.1. The molecule has 31 heavy (non-hydrogen) atoms. The molecule has 0 spiro atoms. The molecule has 0 atom stereocenters. The number of furan rings is 1. The summed E-state index contributed by atoms with van der Waals surface area (Å²) in [5.41, 5.74) is 2.63. The van der Waals surface area contributed by atoms with E-state index in [-0.39, 0.29) is 23.9 Å². The minimum atomic E-state index is -0.209. The number of urea groups is 1. The summed E-state index contributed by atoms with van der Waals surface area (Å²) in [4.78, 5) is 40.2. The fourth-order valence-electron chi connectivity index (χ4n) is 4.14. The Labute approximate surface area is 181 Å². The van der Waals surface area contributed by atoms with Crippen LogP contribution in [0.4, 0.5) is 4.79 Å². The number of likely N-dealkylation sites (tertiary alicyclic amines) is 2. The fourth-order valence-corrected chi connectivity index (χ4v) is 4.14. The van der Waals surface area contributed by atoms with E-state index in [0.29, 0.717) is 38.2 Å². The molecule has 1 aromatic heterocycles. The van der Waals surface area contributed by atoms with Gasteiger partial charge in [-0.3, -0.25) is 9.59 Å². The summed E-state index contributed by atoms with van der Waals surface area (Å²) >= 11 is 0. The highest BCUT2D eigenvalue weighted by molar-refractivity contribution is 5.93. The average Bonchev–Trinajstić information content (AvgIpc) is 3.45. The molecule has 3 heterocycles. The smallest absolute Gasteiger partial charge is 0.315 e. The minimum absolute atomic E-state index is 0.0350. The predicted molar refractivity (Wildman–Crippen MR) is 114 cm³/mol. The summed E-state index contributed by atoms with van der Waals surface area (Å²) < 4.78 is 4.98. The third-order valence-corrected chi connectivity index (χ3v) is 5.87. The van der Waals surface area contributed by atoms with E-state index >= 15 is 0 Å². The predicted octanol–water partition coefficient (Wildman–Crippen LogP) is 2.51. The number of hydrogen-bond acceptors (Lipinski definition) is 4. The first kappa shape index (κ1) is 21.0. The lowest BCUT2D eigenvalue weighted by atomic mass is 10.0. The zero-order valence-corrected chi connectivity index (χ0v) is 17.5. The van der Waals surface area contributed by atoms with Crippen molar-refractivity contribution in [3.05, 3.63) is 59.5 Å². The Hall–Kier alpha value is -3.29. The lowest BCUT2D eigenvalue weighted by molar-refractivity contribution is -0.128. The van der Waals surface area contributed by atoms with Crippen LogP contribution in [0.25, 0.3) is 0 Å². The molecule has 0 unspecified atom stereocenters. The highest BCUT2D eigenvalue weighted by Gasteiger charge is 2.25. The highest BCUT2D eigenvalue weighted by Crippen LogP contribution is 2.16. The molecule has 8 nitrogen and oxygen atoms in total. The molecule has 4 rings (SSSR count). The molecule has 2 saturated heterocycles. The number of rotatable bonds is 6. The summed E-state index contributed by atoms with van der Waals surface area (Å²) in [6.45, 7) is 3.06. The third kappa shape index (κ3) is 5.45. The Balaban J connectivity index is 1.20. The monoisotopic (exact) mass is 424 g/mol. The van der Waals surface area contributed by atoms with Crippen LogP contribution in [-0.4, -0.2) is 53.3 Å². The lowest BCUT2D eigenvalue weighted by Crippen LogP contribution is -2.49. The Morgan fingerprint density at radius 1 is 1.10 bits per heavy atom. The first-order valence-corrected chi connectivity index (χ1v) is 10.8. The molecule has 1 aromatic carbocycles. The van der Waals surface area contributed by atoms with Crippen LogP contribution < -0.4 is 10.6 Å². The van der Waals surface area contributed by atoms with E-state index in [1.807, 2.05) is 29.2 Å². The van der Waals surface area contributed by atoms with Crippen LogP contribution in [0.3, 0.4) is 0 Å². The molecule has 0 bridgehead atoms. The van der Waals surface area contributed by atoms with Crippen molar-refractivity contribution in [2.75, 3.05) is 19.6 Å². The summed E-state index contributed by atoms with van der Waals surface area (Å²) in [5.74, 6) is 0.174. The summed E-state index contributed by atoms with van der Waals surface area (Å²) in [6.07, 6.45) is 5.95. The van der Waals surface area contributed by atoms with Crippen LogP contribution in [0.15, 0.2) is 47.3 Å². The number of piperidine rings is 1. The number of nitrogens with one attached hydrogen (secondary N) is 2. The maximum atomic E-state index is 12.3. The summed E-state index contributed by atoms with van der Waals surface area (Å²) in [6, 6.07) is 9.46. The average molecular weight is 425 g/mol. The van der Waals surface area contributed by atoms with Crippen LogP contribution in [0.5, 0.6) is 0 Å². The van der Waals surface area contributed by atoms with Gasteiger partial charge in [-0.1, -0.05) is 24.3 Å². The van der Waals surface area contributed by atoms with Gasteiger partial charge in [-0.2, -0.15) is 0 Å². The van der Waals surface area contributed by atoms with Gasteiger partial charge in [0.25, 0.3) is 5.91 Å². The quantitative estimate of drug-likeness (QED) is 0.745. The summed E-state index contributed by atoms with van der Waals surface area (Å²) in [5, 5.41) is 5.91. The van der Waals surface area contributed by atoms with E-state index in [2.05, 4.69) is 10.6 Å². The van der Waals surface area contributed by atoms with Crippen molar-refractivity contribution < 1.29 is 18.8 Å². The maximum Gasteiger partial charge on any atom is 0.315 e. The lowest BCUT2D eigenvalue weighted by Gasteiger charge is -2.32. The van der Waals surface area contributed by atoms with Crippen molar-refractivity contribution >= 4 is 17.8 Å². The molecule has 2 N–H and O–H groups in total. The molecule has 2 fully saturated rings. The van der Waals surface area contributed by atoms with E-state index in [1.165, 1.54) is 12.5 Å². The van der Waals surface area contributed by atoms with Crippen LogP contribution in [-0.2, 0) is 17.9 Å². The van der Waals surface area contributed by atoms with Crippen LogP contribution in [0.1, 0.15) is 47.2 Å². The molecule has 2 aromatic rings. The van der Waals surface area contributed by atoms with Crippen molar-refractivity contribution in [2.45, 2.75) is 44.8 Å². The van der Waals surface area contributed by atoms with E-state index in [9.17, 15) is 14.4 Å². The highest BCUT2D eigenvalue weighted by atomic mass is 16.3. The van der Waals surface area contributed by atoms with Crippen LogP contribution in [0.2, 0.25) is 0 Å².